The average molecular weight is 319 g/mol. The summed E-state index contributed by atoms with van der Waals surface area (Å²) in [6, 6.07) is 9.57. The molecule has 4 nitrogen and oxygen atoms in total. The summed E-state index contributed by atoms with van der Waals surface area (Å²) >= 11 is 0. The van der Waals surface area contributed by atoms with E-state index in [9.17, 15) is 4.79 Å². The zero-order valence-electron chi connectivity index (χ0n) is 14.3. The SMILES string of the molecule is C=C(C)c1ccc(C(=O)Nc2cc3c(ccn3CC)cn2)cc1C. The summed E-state index contributed by atoms with van der Waals surface area (Å²) in [5.41, 5.74) is 4.79. The predicted octanol–water partition coefficient (Wildman–Crippen LogP) is 4.65. The molecule has 0 bridgehead atoms. The van der Waals surface area contributed by atoms with Gasteiger partial charge < -0.3 is 9.88 Å². The number of aryl methyl sites for hydroxylation is 2. The average Bonchev–Trinajstić information content (AvgIpc) is 2.96. The molecule has 0 saturated heterocycles. The van der Waals surface area contributed by atoms with Gasteiger partial charge in [0.1, 0.15) is 5.82 Å². The van der Waals surface area contributed by atoms with Crippen LogP contribution in [0, 0.1) is 6.92 Å². The van der Waals surface area contributed by atoms with Crippen molar-refractivity contribution in [2.75, 3.05) is 5.32 Å². The molecule has 1 N–H and O–H groups in total. The normalized spacial score (nSPS) is 10.8. The molecule has 0 unspecified atom stereocenters. The highest BCUT2D eigenvalue weighted by atomic mass is 16.1. The molecule has 0 fully saturated rings. The number of anilines is 1. The van der Waals surface area contributed by atoms with E-state index in [0.717, 1.165) is 34.1 Å². The molecule has 1 aromatic carbocycles. The van der Waals surface area contributed by atoms with Crippen molar-refractivity contribution in [1.29, 1.82) is 0 Å². The topological polar surface area (TPSA) is 46.9 Å². The minimum Gasteiger partial charge on any atom is -0.348 e. The van der Waals surface area contributed by atoms with Crippen molar-refractivity contribution in [2.45, 2.75) is 27.3 Å². The fraction of sp³-hybridized carbons (Fsp3) is 0.200. The van der Waals surface area contributed by atoms with Crippen LogP contribution < -0.4 is 5.32 Å². The largest absolute Gasteiger partial charge is 0.348 e. The molecule has 3 rings (SSSR count). The van der Waals surface area contributed by atoms with Gasteiger partial charge in [0.15, 0.2) is 0 Å². The van der Waals surface area contributed by atoms with Crippen LogP contribution >= 0.6 is 0 Å². The Kier molecular flexibility index (Phi) is 4.21. The zero-order valence-corrected chi connectivity index (χ0v) is 14.3. The molecule has 3 aromatic rings. The molecule has 0 aliphatic rings. The van der Waals surface area contributed by atoms with E-state index in [-0.39, 0.29) is 5.91 Å². The van der Waals surface area contributed by atoms with Gasteiger partial charge in [0, 0.05) is 36.0 Å². The number of fused-ring (bicyclic) bond motifs is 1. The van der Waals surface area contributed by atoms with Gasteiger partial charge in [-0.05, 0) is 50.1 Å². The lowest BCUT2D eigenvalue weighted by Crippen LogP contribution is -2.13. The van der Waals surface area contributed by atoms with E-state index in [1.165, 1.54) is 0 Å². The van der Waals surface area contributed by atoms with E-state index < -0.39 is 0 Å². The van der Waals surface area contributed by atoms with Gasteiger partial charge in [0.05, 0.1) is 5.52 Å². The van der Waals surface area contributed by atoms with E-state index >= 15 is 0 Å². The molecule has 0 atom stereocenters. The standard InChI is InChI=1S/C20H21N3O/c1-5-23-9-8-16-12-21-19(11-18(16)23)22-20(24)15-6-7-17(13(2)3)14(4)10-15/h6-12H,2,5H2,1,3-4H3,(H,21,22,24). The van der Waals surface area contributed by atoms with Gasteiger partial charge in [0.2, 0.25) is 0 Å². The van der Waals surface area contributed by atoms with Crippen molar-refractivity contribution in [3.05, 3.63) is 66.0 Å². The van der Waals surface area contributed by atoms with Crippen LogP contribution in [0.25, 0.3) is 16.5 Å². The van der Waals surface area contributed by atoms with E-state index in [1.807, 2.05) is 50.4 Å². The highest BCUT2D eigenvalue weighted by molar-refractivity contribution is 6.04. The van der Waals surface area contributed by atoms with Crippen LogP contribution in [0.3, 0.4) is 0 Å². The Morgan fingerprint density at radius 1 is 1.29 bits per heavy atom. The Labute approximate surface area is 141 Å². The number of rotatable bonds is 4. The van der Waals surface area contributed by atoms with Crippen molar-refractivity contribution >= 4 is 28.2 Å². The van der Waals surface area contributed by atoms with Crippen LogP contribution in [0.4, 0.5) is 5.82 Å². The van der Waals surface area contributed by atoms with E-state index in [2.05, 4.69) is 28.4 Å². The maximum atomic E-state index is 12.5. The molecule has 0 radical (unpaired) electrons. The number of carbonyl (C=O) groups is 1. The first kappa shape index (κ1) is 16.0. The summed E-state index contributed by atoms with van der Waals surface area (Å²) in [5, 5.41) is 3.95. The van der Waals surface area contributed by atoms with Crippen molar-refractivity contribution in [3.8, 4) is 0 Å². The Bertz CT molecular complexity index is 937. The predicted molar refractivity (Wildman–Crippen MR) is 99.2 cm³/mol. The highest BCUT2D eigenvalue weighted by Crippen LogP contribution is 2.21. The van der Waals surface area contributed by atoms with Gasteiger partial charge in [-0.3, -0.25) is 4.79 Å². The van der Waals surface area contributed by atoms with Crippen molar-refractivity contribution in [2.24, 2.45) is 0 Å². The third-order valence-electron chi connectivity index (χ3n) is 4.19. The summed E-state index contributed by atoms with van der Waals surface area (Å²) in [4.78, 5) is 16.8. The second-order valence-corrected chi connectivity index (χ2v) is 5.99. The van der Waals surface area contributed by atoms with Crippen molar-refractivity contribution < 1.29 is 4.79 Å². The molecule has 24 heavy (non-hydrogen) atoms. The minimum absolute atomic E-state index is 0.159. The van der Waals surface area contributed by atoms with Crippen LogP contribution in [-0.2, 0) is 6.54 Å². The number of nitrogens with zero attached hydrogens (tertiary/aromatic N) is 2. The number of allylic oxidation sites excluding steroid dienone is 1. The second-order valence-electron chi connectivity index (χ2n) is 5.99. The van der Waals surface area contributed by atoms with E-state index in [4.69, 9.17) is 0 Å². The summed E-state index contributed by atoms with van der Waals surface area (Å²) in [5.74, 6) is 0.398. The van der Waals surface area contributed by atoms with Gasteiger partial charge in [-0.2, -0.15) is 0 Å². The lowest BCUT2D eigenvalue weighted by atomic mass is 10.0. The van der Waals surface area contributed by atoms with Crippen LogP contribution in [-0.4, -0.2) is 15.5 Å². The molecule has 0 spiro atoms. The first-order chi connectivity index (χ1) is 11.5. The molecule has 4 heteroatoms. The number of nitrogens with one attached hydrogen (secondary N) is 1. The van der Waals surface area contributed by atoms with Gasteiger partial charge >= 0.3 is 0 Å². The van der Waals surface area contributed by atoms with Gasteiger partial charge in [-0.15, -0.1) is 0 Å². The Hall–Kier alpha value is -2.88. The molecule has 2 aromatic heterocycles. The molecule has 1 amide bonds. The monoisotopic (exact) mass is 319 g/mol. The maximum Gasteiger partial charge on any atom is 0.256 e. The van der Waals surface area contributed by atoms with Gasteiger partial charge in [-0.25, -0.2) is 4.98 Å². The lowest BCUT2D eigenvalue weighted by Gasteiger charge is -2.09. The van der Waals surface area contributed by atoms with E-state index in [1.54, 1.807) is 6.20 Å². The number of pyridine rings is 1. The first-order valence-electron chi connectivity index (χ1n) is 8.02. The smallest absolute Gasteiger partial charge is 0.256 e. The number of hydrogen-bond donors (Lipinski definition) is 1. The minimum atomic E-state index is -0.159. The molecule has 0 aliphatic carbocycles. The Balaban J connectivity index is 1.86. The third kappa shape index (κ3) is 2.95. The maximum absolute atomic E-state index is 12.5. The van der Waals surface area contributed by atoms with Gasteiger partial charge in [0.25, 0.3) is 5.91 Å². The van der Waals surface area contributed by atoms with Gasteiger partial charge in [-0.1, -0.05) is 18.2 Å². The molecular formula is C20H21N3O. The van der Waals surface area contributed by atoms with Crippen LogP contribution in [0.1, 0.15) is 35.3 Å². The number of amides is 1. The Morgan fingerprint density at radius 3 is 2.75 bits per heavy atom. The molecule has 122 valence electrons. The third-order valence-corrected chi connectivity index (χ3v) is 4.19. The molecule has 2 heterocycles. The Morgan fingerprint density at radius 2 is 2.08 bits per heavy atom. The van der Waals surface area contributed by atoms with Crippen LogP contribution in [0.5, 0.6) is 0 Å². The number of benzene rings is 1. The number of aromatic nitrogens is 2. The quantitative estimate of drug-likeness (QED) is 0.761. The first-order valence-corrected chi connectivity index (χ1v) is 8.02. The second kappa shape index (κ2) is 6.32. The highest BCUT2D eigenvalue weighted by Gasteiger charge is 2.10. The summed E-state index contributed by atoms with van der Waals surface area (Å²) in [7, 11) is 0. The number of hydrogen-bond acceptors (Lipinski definition) is 2. The van der Waals surface area contributed by atoms with Crippen molar-refractivity contribution in [3.63, 3.8) is 0 Å². The van der Waals surface area contributed by atoms with Crippen LogP contribution in [0.15, 0.2) is 49.3 Å². The van der Waals surface area contributed by atoms with Crippen LogP contribution in [0.2, 0.25) is 0 Å². The number of carbonyl (C=O) groups excluding carboxylic acids is 1. The summed E-state index contributed by atoms with van der Waals surface area (Å²) in [6.45, 7) is 10.9. The molecule has 0 aliphatic heterocycles. The fourth-order valence-corrected chi connectivity index (χ4v) is 2.90. The van der Waals surface area contributed by atoms with E-state index in [0.29, 0.717) is 11.4 Å². The van der Waals surface area contributed by atoms with Crippen molar-refractivity contribution in [1.82, 2.24) is 9.55 Å². The fourth-order valence-electron chi connectivity index (χ4n) is 2.90. The molecule has 0 saturated carbocycles. The molecular weight excluding hydrogens is 298 g/mol. The lowest BCUT2D eigenvalue weighted by molar-refractivity contribution is 0.102. The summed E-state index contributed by atoms with van der Waals surface area (Å²) < 4.78 is 2.12. The summed E-state index contributed by atoms with van der Waals surface area (Å²) in [6.07, 6.45) is 3.81. The zero-order chi connectivity index (χ0) is 17.3.